The minimum atomic E-state index is -1.06. The van der Waals surface area contributed by atoms with Gasteiger partial charge in [-0.2, -0.15) is 0 Å². The number of cyclic esters (lactones) is 1. The fourth-order valence-electron chi connectivity index (χ4n) is 3.94. The molecule has 2 aromatic rings. The van der Waals surface area contributed by atoms with Gasteiger partial charge in [0, 0.05) is 6.42 Å². The Kier molecular flexibility index (Phi) is 6.84. The van der Waals surface area contributed by atoms with Gasteiger partial charge in [-0.1, -0.05) is 42.5 Å². The van der Waals surface area contributed by atoms with E-state index < -0.39 is 18.1 Å². The van der Waals surface area contributed by atoms with Crippen molar-refractivity contribution in [3.8, 4) is 5.75 Å². The molecule has 2 amide bonds. The highest BCUT2D eigenvalue weighted by Gasteiger charge is 2.38. The van der Waals surface area contributed by atoms with Gasteiger partial charge in [0.2, 0.25) is 5.91 Å². The van der Waals surface area contributed by atoms with E-state index in [1.165, 1.54) is 0 Å². The van der Waals surface area contributed by atoms with Crippen molar-refractivity contribution < 1.29 is 28.9 Å². The van der Waals surface area contributed by atoms with Crippen LogP contribution in [0.1, 0.15) is 42.9 Å². The number of hydrogen-bond donors (Lipinski definition) is 1. The molecule has 164 valence electrons. The Labute approximate surface area is 181 Å². The van der Waals surface area contributed by atoms with Crippen LogP contribution in [0.4, 0.5) is 4.79 Å². The number of carbonyl (C=O) groups excluding carboxylic acids is 2. The monoisotopic (exact) mass is 425 g/mol. The number of ether oxygens (including phenoxy) is 3. The molecule has 2 aliphatic rings. The summed E-state index contributed by atoms with van der Waals surface area (Å²) < 4.78 is 16.6. The van der Waals surface area contributed by atoms with E-state index in [1.54, 1.807) is 24.3 Å². The molecule has 0 saturated carbocycles. The zero-order chi connectivity index (χ0) is 21.6. The van der Waals surface area contributed by atoms with Crippen LogP contribution in [-0.4, -0.2) is 47.6 Å². The van der Waals surface area contributed by atoms with Crippen LogP contribution in [0.3, 0.4) is 0 Å². The molecule has 4 rings (SSSR count). The van der Waals surface area contributed by atoms with E-state index in [4.69, 9.17) is 14.2 Å². The van der Waals surface area contributed by atoms with Gasteiger partial charge in [0.05, 0.1) is 25.2 Å². The number of aliphatic hydroxyl groups excluding tert-OH is 1. The molecule has 0 spiro atoms. The van der Waals surface area contributed by atoms with Crippen molar-refractivity contribution in [3.05, 3.63) is 65.7 Å². The minimum absolute atomic E-state index is 0.153. The third-order valence-corrected chi connectivity index (χ3v) is 5.56. The van der Waals surface area contributed by atoms with Crippen LogP contribution in [0.2, 0.25) is 0 Å². The third kappa shape index (κ3) is 5.42. The maximum Gasteiger partial charge on any atom is 0.416 e. The quantitative estimate of drug-likeness (QED) is 0.730. The molecule has 2 fully saturated rings. The molecular weight excluding hydrogens is 398 g/mol. The first-order chi connectivity index (χ1) is 15.1. The number of carbonyl (C=O) groups is 2. The van der Waals surface area contributed by atoms with E-state index in [0.29, 0.717) is 24.3 Å². The predicted molar refractivity (Wildman–Crippen MR) is 112 cm³/mol. The number of nitrogens with zero attached hydrogens (tertiary/aromatic N) is 1. The van der Waals surface area contributed by atoms with Crippen molar-refractivity contribution in [1.82, 2.24) is 4.90 Å². The first kappa shape index (κ1) is 21.3. The lowest BCUT2D eigenvalue weighted by Crippen LogP contribution is -2.40. The molecule has 7 nitrogen and oxygen atoms in total. The maximum atomic E-state index is 12.9. The smallest absolute Gasteiger partial charge is 0.416 e. The van der Waals surface area contributed by atoms with Crippen LogP contribution in [0.5, 0.6) is 5.75 Å². The van der Waals surface area contributed by atoms with Crippen molar-refractivity contribution in [2.45, 2.75) is 50.5 Å². The third-order valence-electron chi connectivity index (χ3n) is 5.56. The molecule has 3 atom stereocenters. The topological polar surface area (TPSA) is 85.3 Å². The lowest BCUT2D eigenvalue weighted by atomic mass is 10.0. The molecule has 0 radical (unpaired) electrons. The van der Waals surface area contributed by atoms with Gasteiger partial charge in [-0.3, -0.25) is 4.79 Å². The van der Waals surface area contributed by atoms with Gasteiger partial charge >= 0.3 is 6.09 Å². The summed E-state index contributed by atoms with van der Waals surface area (Å²) in [7, 11) is 0. The minimum Gasteiger partial charge on any atom is -0.465 e. The summed E-state index contributed by atoms with van der Waals surface area (Å²) in [4.78, 5) is 26.2. The average Bonchev–Trinajstić information content (AvgIpc) is 3.15. The van der Waals surface area contributed by atoms with Crippen molar-refractivity contribution in [2.75, 3.05) is 13.2 Å². The fraction of sp³-hybridized carbons (Fsp3) is 0.417. The number of rotatable bonds is 7. The zero-order valence-electron chi connectivity index (χ0n) is 17.3. The Hall–Kier alpha value is -2.90. The molecule has 2 heterocycles. The first-order valence-corrected chi connectivity index (χ1v) is 10.7. The van der Waals surface area contributed by atoms with E-state index >= 15 is 0 Å². The summed E-state index contributed by atoms with van der Waals surface area (Å²) in [6.45, 7) is 0.831. The highest BCUT2D eigenvalue weighted by molar-refractivity contribution is 5.93. The highest BCUT2D eigenvalue weighted by atomic mass is 16.7. The summed E-state index contributed by atoms with van der Waals surface area (Å²) in [5, 5.41) is 10.7. The number of benzene rings is 2. The van der Waals surface area contributed by atoms with Gasteiger partial charge in [0.15, 0.2) is 6.29 Å². The summed E-state index contributed by atoms with van der Waals surface area (Å²) in [6, 6.07) is 16.3. The van der Waals surface area contributed by atoms with E-state index in [9.17, 15) is 14.7 Å². The summed E-state index contributed by atoms with van der Waals surface area (Å²) in [5.41, 5.74) is 1.56. The van der Waals surface area contributed by atoms with Gasteiger partial charge in [0.1, 0.15) is 12.4 Å². The number of hydrogen-bond acceptors (Lipinski definition) is 6. The largest absolute Gasteiger partial charge is 0.465 e. The molecule has 0 bridgehead atoms. The molecule has 2 aromatic carbocycles. The molecule has 0 aromatic heterocycles. The van der Waals surface area contributed by atoms with Gasteiger partial charge < -0.3 is 19.3 Å². The Morgan fingerprint density at radius 2 is 2.00 bits per heavy atom. The maximum absolute atomic E-state index is 12.9. The highest BCUT2D eigenvalue weighted by Crippen LogP contribution is 2.26. The van der Waals surface area contributed by atoms with Gasteiger partial charge in [-0.05, 0) is 42.5 Å². The Bertz CT molecular complexity index is 896. The van der Waals surface area contributed by atoms with Gasteiger partial charge in [0.25, 0.3) is 0 Å². The van der Waals surface area contributed by atoms with Crippen molar-refractivity contribution in [1.29, 1.82) is 0 Å². The van der Waals surface area contributed by atoms with Gasteiger partial charge in [-0.25, -0.2) is 9.69 Å². The number of imide groups is 1. The van der Waals surface area contributed by atoms with Crippen molar-refractivity contribution in [3.63, 3.8) is 0 Å². The summed E-state index contributed by atoms with van der Waals surface area (Å²) >= 11 is 0. The lowest BCUT2D eigenvalue weighted by molar-refractivity contribution is -0.131. The van der Waals surface area contributed by atoms with Gasteiger partial charge in [-0.15, -0.1) is 0 Å². The summed E-state index contributed by atoms with van der Waals surface area (Å²) in [5.74, 6) is 0.122. The first-order valence-electron chi connectivity index (χ1n) is 10.7. The number of amides is 2. The molecule has 2 saturated heterocycles. The Morgan fingerprint density at radius 1 is 1.16 bits per heavy atom. The second-order valence-corrected chi connectivity index (χ2v) is 7.89. The molecule has 2 aliphatic heterocycles. The SMILES string of the molecule is O=C(C[C@@H](O)c1cccc(OC2CCCCO2)c1)N1C(=O)OC[C@H]1Cc1ccccc1. The average molecular weight is 425 g/mol. The molecule has 1 unspecified atom stereocenters. The summed E-state index contributed by atoms with van der Waals surface area (Å²) in [6.07, 6.45) is 1.19. The van der Waals surface area contributed by atoms with Crippen LogP contribution in [-0.2, 0) is 20.7 Å². The zero-order valence-corrected chi connectivity index (χ0v) is 17.3. The van der Waals surface area contributed by atoms with Crippen LogP contribution >= 0.6 is 0 Å². The molecule has 31 heavy (non-hydrogen) atoms. The lowest BCUT2D eigenvalue weighted by Gasteiger charge is -2.24. The van der Waals surface area contributed by atoms with Crippen molar-refractivity contribution in [2.24, 2.45) is 0 Å². The van der Waals surface area contributed by atoms with E-state index in [-0.39, 0.29) is 25.4 Å². The molecular formula is C24H27NO6. The van der Waals surface area contributed by atoms with Crippen molar-refractivity contribution >= 4 is 12.0 Å². The van der Waals surface area contributed by atoms with E-state index in [2.05, 4.69) is 0 Å². The number of aliphatic hydroxyl groups is 1. The normalized spacial score (nSPS) is 22.1. The Balaban J connectivity index is 1.39. The van der Waals surface area contributed by atoms with Crippen LogP contribution < -0.4 is 4.74 Å². The molecule has 0 aliphatic carbocycles. The Morgan fingerprint density at radius 3 is 2.77 bits per heavy atom. The molecule has 1 N–H and O–H groups in total. The standard InChI is InChI=1S/C24H27NO6/c26-21(18-9-6-10-20(14-18)31-23-11-4-5-12-29-23)15-22(27)25-19(16-30-24(25)28)13-17-7-2-1-3-8-17/h1-3,6-10,14,19,21,23,26H,4-5,11-13,15-16H2/t19-,21-,23?/m1/s1. The predicted octanol–water partition coefficient (Wildman–Crippen LogP) is 3.61. The van der Waals surface area contributed by atoms with E-state index in [1.807, 2.05) is 30.3 Å². The van der Waals surface area contributed by atoms with E-state index in [0.717, 1.165) is 29.7 Å². The molecule has 7 heteroatoms. The van der Waals surface area contributed by atoms with Crippen LogP contribution in [0.25, 0.3) is 0 Å². The second-order valence-electron chi connectivity index (χ2n) is 7.89. The second kappa shape index (κ2) is 9.94. The van der Waals surface area contributed by atoms with Crippen LogP contribution in [0, 0.1) is 0 Å². The van der Waals surface area contributed by atoms with Crippen LogP contribution in [0.15, 0.2) is 54.6 Å². The fourth-order valence-corrected chi connectivity index (χ4v) is 3.94.